The van der Waals surface area contributed by atoms with E-state index in [0.717, 1.165) is 5.56 Å². The van der Waals surface area contributed by atoms with Crippen LogP contribution in [-0.4, -0.2) is 32.7 Å². The molecule has 154 valence electrons. The Morgan fingerprint density at radius 2 is 1.70 bits per heavy atom. The smallest absolute Gasteiger partial charge is 0.258 e. The van der Waals surface area contributed by atoms with Gasteiger partial charge in [0, 0.05) is 36.4 Å². The molecular weight excluding hydrogens is 387 g/mol. The normalized spacial score (nSPS) is 12.8. The number of aromatic hydroxyl groups is 3. The first-order chi connectivity index (χ1) is 14.4. The van der Waals surface area contributed by atoms with Crippen LogP contribution in [0.4, 0.5) is 10.1 Å². The standard InChI is InChI=1S/C23H21FN2O4/c24-16-3-1-14(2-4-16)9-10-26-13-18-19(6-8-21(29)22(18)23(26)30)25-12-15-11-17(27)5-7-20(15)28/h1-8,11,25,27-29H,9-10,12-13H2. The van der Waals surface area contributed by atoms with E-state index < -0.39 is 0 Å². The topological polar surface area (TPSA) is 93.0 Å². The molecule has 4 N–H and O–H groups in total. The van der Waals surface area contributed by atoms with Gasteiger partial charge < -0.3 is 25.5 Å². The zero-order valence-electron chi connectivity index (χ0n) is 16.1. The van der Waals surface area contributed by atoms with Crippen molar-refractivity contribution in [2.45, 2.75) is 19.5 Å². The Kier molecular flexibility index (Phi) is 5.18. The number of nitrogens with one attached hydrogen (secondary N) is 1. The molecule has 1 aliphatic rings. The van der Waals surface area contributed by atoms with Crippen LogP contribution in [0.2, 0.25) is 0 Å². The van der Waals surface area contributed by atoms with Crippen molar-refractivity contribution in [3.05, 3.63) is 82.7 Å². The minimum Gasteiger partial charge on any atom is -0.508 e. The fraction of sp³-hybridized carbons (Fsp3) is 0.174. The molecule has 0 saturated heterocycles. The summed E-state index contributed by atoms with van der Waals surface area (Å²) in [6.07, 6.45) is 0.570. The summed E-state index contributed by atoms with van der Waals surface area (Å²) in [5, 5.41) is 33.0. The van der Waals surface area contributed by atoms with Gasteiger partial charge in [-0.3, -0.25) is 4.79 Å². The number of phenolic OH excluding ortho intramolecular Hbond substituents is 3. The number of phenols is 3. The highest BCUT2D eigenvalue weighted by Crippen LogP contribution is 2.36. The summed E-state index contributed by atoms with van der Waals surface area (Å²) in [5.41, 5.74) is 3.04. The van der Waals surface area contributed by atoms with Gasteiger partial charge in [-0.25, -0.2) is 4.39 Å². The van der Waals surface area contributed by atoms with E-state index in [1.165, 1.54) is 36.4 Å². The number of rotatable bonds is 6. The predicted octanol–water partition coefficient (Wildman–Crippen LogP) is 3.75. The molecule has 1 amide bonds. The third-order valence-electron chi connectivity index (χ3n) is 5.26. The van der Waals surface area contributed by atoms with Gasteiger partial charge in [0.1, 0.15) is 23.1 Å². The number of anilines is 1. The van der Waals surface area contributed by atoms with Gasteiger partial charge in [0.15, 0.2) is 0 Å². The van der Waals surface area contributed by atoms with E-state index in [0.29, 0.717) is 36.3 Å². The third-order valence-corrected chi connectivity index (χ3v) is 5.26. The van der Waals surface area contributed by atoms with Gasteiger partial charge in [-0.15, -0.1) is 0 Å². The summed E-state index contributed by atoms with van der Waals surface area (Å²) in [6.45, 7) is 1.00. The molecule has 0 fully saturated rings. The minimum absolute atomic E-state index is 0.0441. The zero-order valence-corrected chi connectivity index (χ0v) is 16.1. The monoisotopic (exact) mass is 408 g/mol. The van der Waals surface area contributed by atoms with Gasteiger partial charge in [0.2, 0.25) is 0 Å². The molecule has 30 heavy (non-hydrogen) atoms. The largest absolute Gasteiger partial charge is 0.508 e. The number of nitrogens with zero attached hydrogens (tertiary/aromatic N) is 1. The van der Waals surface area contributed by atoms with Crippen LogP contribution in [0.5, 0.6) is 17.2 Å². The molecule has 7 heteroatoms. The second-order valence-corrected chi connectivity index (χ2v) is 7.26. The van der Waals surface area contributed by atoms with Gasteiger partial charge in [-0.1, -0.05) is 12.1 Å². The molecule has 1 aliphatic heterocycles. The van der Waals surface area contributed by atoms with E-state index in [2.05, 4.69) is 5.32 Å². The summed E-state index contributed by atoms with van der Waals surface area (Å²) in [5.74, 6) is -0.546. The van der Waals surface area contributed by atoms with Crippen molar-refractivity contribution in [1.82, 2.24) is 4.90 Å². The molecule has 0 unspecified atom stereocenters. The lowest BCUT2D eigenvalue weighted by atomic mass is 10.1. The Balaban J connectivity index is 1.50. The number of carbonyl (C=O) groups excluding carboxylic acids is 1. The van der Waals surface area contributed by atoms with Gasteiger partial charge in [0.25, 0.3) is 5.91 Å². The SMILES string of the molecule is O=C1c2c(O)ccc(NCc3cc(O)ccc3O)c2CN1CCc1ccc(F)cc1. The number of hydrogen-bond donors (Lipinski definition) is 4. The Labute approximate surface area is 172 Å². The Bertz CT molecular complexity index is 1100. The second kappa shape index (κ2) is 7.94. The molecular formula is C23H21FN2O4. The van der Waals surface area contributed by atoms with Crippen LogP contribution >= 0.6 is 0 Å². The van der Waals surface area contributed by atoms with Gasteiger partial charge >= 0.3 is 0 Å². The highest BCUT2D eigenvalue weighted by atomic mass is 19.1. The first-order valence-electron chi connectivity index (χ1n) is 9.55. The molecule has 0 radical (unpaired) electrons. The number of amides is 1. The first kappa shape index (κ1) is 19.6. The van der Waals surface area contributed by atoms with E-state index in [-0.39, 0.29) is 41.1 Å². The average Bonchev–Trinajstić information content (AvgIpc) is 3.07. The van der Waals surface area contributed by atoms with Crippen molar-refractivity contribution in [2.24, 2.45) is 0 Å². The fourth-order valence-electron chi connectivity index (χ4n) is 3.62. The molecule has 6 nitrogen and oxygen atoms in total. The van der Waals surface area contributed by atoms with Crippen molar-refractivity contribution in [3.63, 3.8) is 0 Å². The highest BCUT2D eigenvalue weighted by molar-refractivity contribution is 6.02. The predicted molar refractivity (Wildman–Crippen MR) is 110 cm³/mol. The van der Waals surface area contributed by atoms with E-state index in [9.17, 15) is 24.5 Å². The van der Waals surface area contributed by atoms with Crippen molar-refractivity contribution in [3.8, 4) is 17.2 Å². The van der Waals surface area contributed by atoms with Gasteiger partial charge in [-0.05, 0) is 54.4 Å². The van der Waals surface area contributed by atoms with E-state index in [4.69, 9.17) is 0 Å². The van der Waals surface area contributed by atoms with Crippen molar-refractivity contribution in [1.29, 1.82) is 0 Å². The maximum atomic E-state index is 13.1. The number of halogens is 1. The summed E-state index contributed by atoms with van der Waals surface area (Å²) in [6, 6.07) is 13.6. The van der Waals surface area contributed by atoms with Gasteiger partial charge in [0.05, 0.1) is 5.56 Å². The van der Waals surface area contributed by atoms with Crippen molar-refractivity contribution >= 4 is 11.6 Å². The quantitative estimate of drug-likeness (QED) is 0.466. The summed E-state index contributed by atoms with van der Waals surface area (Å²) >= 11 is 0. The number of hydrogen-bond acceptors (Lipinski definition) is 5. The van der Waals surface area contributed by atoms with E-state index in [1.807, 2.05) is 0 Å². The Hall–Kier alpha value is -3.74. The maximum absolute atomic E-state index is 13.1. The van der Waals surface area contributed by atoms with E-state index >= 15 is 0 Å². The van der Waals surface area contributed by atoms with Crippen LogP contribution < -0.4 is 5.32 Å². The Morgan fingerprint density at radius 1 is 0.967 bits per heavy atom. The number of fused-ring (bicyclic) bond motifs is 1. The minimum atomic E-state index is -0.304. The molecule has 1 heterocycles. The van der Waals surface area contributed by atoms with Crippen LogP contribution in [0.25, 0.3) is 0 Å². The lowest BCUT2D eigenvalue weighted by molar-refractivity contribution is 0.0778. The molecule has 4 rings (SSSR count). The fourth-order valence-corrected chi connectivity index (χ4v) is 3.62. The lowest BCUT2D eigenvalue weighted by Gasteiger charge is -2.16. The summed E-state index contributed by atoms with van der Waals surface area (Å²) in [7, 11) is 0. The van der Waals surface area contributed by atoms with Crippen LogP contribution in [0, 0.1) is 5.82 Å². The molecule has 0 aromatic heterocycles. The van der Waals surface area contributed by atoms with E-state index in [1.54, 1.807) is 23.1 Å². The van der Waals surface area contributed by atoms with Gasteiger partial charge in [-0.2, -0.15) is 0 Å². The molecule has 0 spiro atoms. The average molecular weight is 408 g/mol. The molecule has 3 aromatic carbocycles. The van der Waals surface area contributed by atoms with Crippen molar-refractivity contribution < 1.29 is 24.5 Å². The molecule has 0 bridgehead atoms. The first-order valence-corrected chi connectivity index (χ1v) is 9.55. The molecule has 3 aromatic rings. The Morgan fingerprint density at radius 3 is 2.47 bits per heavy atom. The summed E-state index contributed by atoms with van der Waals surface area (Å²) < 4.78 is 13.1. The third kappa shape index (κ3) is 3.87. The lowest BCUT2D eigenvalue weighted by Crippen LogP contribution is -2.26. The van der Waals surface area contributed by atoms with Crippen LogP contribution in [-0.2, 0) is 19.5 Å². The second-order valence-electron chi connectivity index (χ2n) is 7.26. The van der Waals surface area contributed by atoms with Crippen molar-refractivity contribution in [2.75, 3.05) is 11.9 Å². The maximum Gasteiger partial charge on any atom is 0.258 e. The molecule has 0 atom stereocenters. The van der Waals surface area contributed by atoms with Crippen LogP contribution in [0.15, 0.2) is 54.6 Å². The highest BCUT2D eigenvalue weighted by Gasteiger charge is 2.32. The number of carbonyl (C=O) groups is 1. The number of benzene rings is 3. The van der Waals surface area contributed by atoms with Crippen LogP contribution in [0.1, 0.15) is 27.0 Å². The zero-order chi connectivity index (χ0) is 21.3. The van der Waals surface area contributed by atoms with Crippen LogP contribution in [0.3, 0.4) is 0 Å². The summed E-state index contributed by atoms with van der Waals surface area (Å²) in [4.78, 5) is 14.5. The molecule has 0 aliphatic carbocycles. The molecule has 0 saturated carbocycles.